The van der Waals surface area contributed by atoms with Crippen molar-refractivity contribution in [3.63, 3.8) is 0 Å². The number of hydrogen-bond acceptors (Lipinski definition) is 9. The number of rotatable bonds is 6. The molecule has 3 aromatic heterocycles. The molecule has 3 aliphatic rings. The van der Waals surface area contributed by atoms with Gasteiger partial charge in [0.05, 0.1) is 16.6 Å². The fraction of sp³-hybridized carbons (Fsp3) is 0.432. The lowest BCUT2D eigenvalue weighted by atomic mass is 9.94. The molecule has 266 valence electrons. The first kappa shape index (κ1) is 33.2. The molecule has 8 rings (SSSR count). The average molecular weight is 701 g/mol. The number of ether oxygens (including phenoxy) is 1. The van der Waals surface area contributed by atoms with E-state index in [1.807, 2.05) is 11.8 Å². The largest absolute Gasteiger partial charge is 0.508 e. The van der Waals surface area contributed by atoms with Gasteiger partial charge in [0.2, 0.25) is 0 Å². The van der Waals surface area contributed by atoms with E-state index in [-0.39, 0.29) is 41.2 Å². The molecule has 2 atom stereocenters. The van der Waals surface area contributed by atoms with Gasteiger partial charge in [-0.1, -0.05) is 13.0 Å². The quantitative estimate of drug-likeness (QED) is 0.227. The molecule has 6 heterocycles. The van der Waals surface area contributed by atoms with E-state index in [1.54, 1.807) is 26.4 Å². The number of amides is 1. The Kier molecular flexibility index (Phi) is 8.23. The molecule has 14 heteroatoms. The van der Waals surface area contributed by atoms with Gasteiger partial charge in [0.25, 0.3) is 0 Å². The van der Waals surface area contributed by atoms with Crippen LogP contribution in [0, 0.1) is 11.6 Å². The predicted octanol–water partition coefficient (Wildman–Crippen LogP) is 6.03. The summed E-state index contributed by atoms with van der Waals surface area (Å²) in [6, 6.07) is 5.47. The van der Waals surface area contributed by atoms with Crippen molar-refractivity contribution >= 4 is 33.5 Å². The highest BCUT2D eigenvalue weighted by Crippen LogP contribution is 2.42. The van der Waals surface area contributed by atoms with Gasteiger partial charge in [-0.25, -0.2) is 18.0 Å². The summed E-state index contributed by atoms with van der Waals surface area (Å²) in [7, 11) is 3.32. The highest BCUT2D eigenvalue weighted by molar-refractivity contribution is 6.01. The number of halogens is 3. The Bertz CT molecular complexity index is 2190. The predicted molar refractivity (Wildman–Crippen MR) is 186 cm³/mol. The summed E-state index contributed by atoms with van der Waals surface area (Å²) < 4.78 is 54.3. The number of aryl methyl sites for hydroxylation is 2. The zero-order valence-corrected chi connectivity index (χ0v) is 28.8. The second kappa shape index (κ2) is 12.7. The molecule has 2 fully saturated rings. The Morgan fingerprint density at radius 2 is 2.00 bits per heavy atom. The summed E-state index contributed by atoms with van der Waals surface area (Å²) in [6.07, 6.45) is 5.98. The molecule has 0 saturated carbocycles. The van der Waals surface area contributed by atoms with Crippen molar-refractivity contribution < 1.29 is 27.8 Å². The third-order valence-corrected chi connectivity index (χ3v) is 10.6. The summed E-state index contributed by atoms with van der Waals surface area (Å²) in [5.74, 6) is -0.928. The molecule has 2 saturated heterocycles. The Morgan fingerprint density at radius 3 is 2.80 bits per heavy atom. The molecular weight excluding hydrogens is 661 g/mol. The number of nitrogens with zero attached hydrogens (tertiary/aromatic N) is 8. The van der Waals surface area contributed by atoms with Crippen molar-refractivity contribution in [1.82, 2.24) is 34.5 Å². The third-order valence-electron chi connectivity index (χ3n) is 10.6. The van der Waals surface area contributed by atoms with Crippen LogP contribution in [0.25, 0.3) is 32.9 Å². The van der Waals surface area contributed by atoms with Crippen molar-refractivity contribution in [1.29, 1.82) is 0 Å². The smallest absolute Gasteiger partial charge is 0.344 e. The minimum Gasteiger partial charge on any atom is -0.508 e. The molecule has 0 spiro atoms. The number of fused-ring (bicyclic) bond motifs is 4. The molecule has 51 heavy (non-hydrogen) atoms. The van der Waals surface area contributed by atoms with E-state index >= 15 is 8.78 Å². The Labute approximate surface area is 292 Å². The Balaban J connectivity index is 1.26. The number of benzene rings is 2. The fourth-order valence-electron chi connectivity index (χ4n) is 8.19. The first-order valence-electron chi connectivity index (χ1n) is 17.4. The van der Waals surface area contributed by atoms with Crippen molar-refractivity contribution in [2.45, 2.75) is 63.7 Å². The number of phenolic OH excluding ortho intramolecular Hbond substituents is 1. The molecule has 0 bridgehead atoms. The van der Waals surface area contributed by atoms with Crippen LogP contribution < -0.4 is 9.64 Å². The molecular formula is C37H39F3N8O3. The molecule has 0 unspecified atom stereocenters. The number of phenols is 1. The lowest BCUT2D eigenvalue weighted by Gasteiger charge is -2.31. The SMILES string of the molecule is CCc1c(F)ccc2cc(O)cc(-c3ncc4c(N5CCCc6nn(C(=O)N(C)C)cc6C5)nc(OC[C@@]56CCCN5C[C@H](F)C6)nc4c3F)c12. The third kappa shape index (κ3) is 5.69. The lowest BCUT2D eigenvalue weighted by Crippen LogP contribution is -2.43. The lowest BCUT2D eigenvalue weighted by molar-refractivity contribution is 0.107. The van der Waals surface area contributed by atoms with Crippen LogP contribution in [0.5, 0.6) is 11.8 Å². The number of anilines is 1. The van der Waals surface area contributed by atoms with Crippen LogP contribution in [0.2, 0.25) is 0 Å². The molecule has 0 radical (unpaired) electrons. The average Bonchev–Trinajstić information content (AvgIpc) is 3.73. The van der Waals surface area contributed by atoms with Crippen LogP contribution in [0.1, 0.15) is 49.4 Å². The molecule has 1 N–H and O–H groups in total. The van der Waals surface area contributed by atoms with Crippen LogP contribution in [-0.4, -0.2) is 97.7 Å². The summed E-state index contributed by atoms with van der Waals surface area (Å²) >= 11 is 0. The van der Waals surface area contributed by atoms with Gasteiger partial charge < -0.3 is 19.6 Å². The van der Waals surface area contributed by atoms with Crippen LogP contribution in [0.15, 0.2) is 36.7 Å². The van der Waals surface area contributed by atoms with E-state index in [0.717, 1.165) is 30.6 Å². The molecule has 0 aliphatic carbocycles. The summed E-state index contributed by atoms with van der Waals surface area (Å²) in [4.78, 5) is 32.3. The maximum atomic E-state index is 17.1. The van der Waals surface area contributed by atoms with E-state index in [0.29, 0.717) is 72.9 Å². The van der Waals surface area contributed by atoms with E-state index in [1.165, 1.54) is 34.0 Å². The van der Waals surface area contributed by atoms with Gasteiger partial charge in [0.15, 0.2) is 5.82 Å². The second-order valence-corrected chi connectivity index (χ2v) is 14.1. The number of alkyl halides is 1. The Hall–Kier alpha value is -4.98. The minimum absolute atomic E-state index is 0.0514. The van der Waals surface area contributed by atoms with Gasteiger partial charge in [-0.3, -0.25) is 9.88 Å². The van der Waals surface area contributed by atoms with Crippen molar-refractivity contribution in [2.75, 3.05) is 45.2 Å². The van der Waals surface area contributed by atoms with Crippen molar-refractivity contribution in [2.24, 2.45) is 0 Å². The number of pyridine rings is 1. The van der Waals surface area contributed by atoms with E-state index < -0.39 is 23.3 Å². The van der Waals surface area contributed by atoms with Crippen LogP contribution >= 0.6 is 0 Å². The normalized spacial score (nSPS) is 20.5. The molecule has 2 aromatic carbocycles. The van der Waals surface area contributed by atoms with Gasteiger partial charge in [0.1, 0.15) is 41.4 Å². The highest BCUT2D eigenvalue weighted by Gasteiger charge is 2.49. The zero-order valence-electron chi connectivity index (χ0n) is 28.8. The van der Waals surface area contributed by atoms with Crippen LogP contribution in [0.3, 0.4) is 0 Å². The second-order valence-electron chi connectivity index (χ2n) is 14.1. The highest BCUT2D eigenvalue weighted by atomic mass is 19.1. The van der Waals surface area contributed by atoms with Crippen molar-refractivity contribution in [3.8, 4) is 23.0 Å². The zero-order chi connectivity index (χ0) is 35.6. The monoisotopic (exact) mass is 700 g/mol. The van der Waals surface area contributed by atoms with Crippen LogP contribution in [-0.2, 0) is 19.4 Å². The maximum Gasteiger partial charge on any atom is 0.344 e. The molecule has 1 amide bonds. The summed E-state index contributed by atoms with van der Waals surface area (Å²) in [5.41, 5.74) is 1.62. The molecule has 5 aromatic rings. The molecule has 3 aliphatic heterocycles. The van der Waals surface area contributed by atoms with Crippen LogP contribution in [0.4, 0.5) is 23.8 Å². The number of carbonyl (C=O) groups is 1. The number of aromatic nitrogens is 5. The van der Waals surface area contributed by atoms with Gasteiger partial charge in [-0.2, -0.15) is 19.7 Å². The van der Waals surface area contributed by atoms with Crippen molar-refractivity contribution in [3.05, 3.63) is 65.1 Å². The van der Waals surface area contributed by atoms with Gasteiger partial charge >= 0.3 is 12.0 Å². The van der Waals surface area contributed by atoms with E-state index in [4.69, 9.17) is 9.72 Å². The van der Waals surface area contributed by atoms with Gasteiger partial charge in [-0.05, 0) is 73.2 Å². The number of aromatic hydroxyl groups is 1. The van der Waals surface area contributed by atoms with E-state index in [2.05, 4.69) is 20.0 Å². The molecule has 11 nitrogen and oxygen atoms in total. The maximum absolute atomic E-state index is 17.1. The Morgan fingerprint density at radius 1 is 1.16 bits per heavy atom. The topological polar surface area (TPSA) is 113 Å². The first-order chi connectivity index (χ1) is 24.5. The van der Waals surface area contributed by atoms with E-state index in [9.17, 15) is 14.3 Å². The first-order valence-corrected chi connectivity index (χ1v) is 17.4. The number of hydrogen-bond donors (Lipinski definition) is 1. The number of carbonyl (C=O) groups excluding carboxylic acids is 1. The van der Waals surface area contributed by atoms with Gasteiger partial charge in [0, 0.05) is 63.7 Å². The summed E-state index contributed by atoms with van der Waals surface area (Å²) in [5, 5.41) is 16.5. The standard InChI is InChI=1S/C37H39F3N8O3/c1-4-25-28(39)9-8-21-13-24(49)14-26(30(21)25)32-31(40)33-27(16-41-32)34(43-35(42-33)51-20-37-10-6-12-47(37)19-23(38)15-37)46-11-5-7-29-22(17-46)18-48(44-29)36(50)45(2)3/h8-9,13-14,16,18,23,49H,4-7,10-12,15,17,19-20H2,1-3H3/t23-,37+/m1/s1. The van der Waals surface area contributed by atoms with Gasteiger partial charge in [-0.15, -0.1) is 0 Å². The fourth-order valence-corrected chi connectivity index (χ4v) is 8.19. The minimum atomic E-state index is -0.949. The summed E-state index contributed by atoms with van der Waals surface area (Å²) in [6.45, 7) is 3.99.